The monoisotopic (exact) mass is 890 g/mol. The van der Waals surface area contributed by atoms with Crippen molar-refractivity contribution in [1.29, 1.82) is 0 Å². The number of imide groups is 1. The van der Waals surface area contributed by atoms with Crippen LogP contribution in [0.15, 0.2) is 83.5 Å². The van der Waals surface area contributed by atoms with Gasteiger partial charge in [-0.05, 0) is 82.9 Å². The summed E-state index contributed by atoms with van der Waals surface area (Å²) in [5.74, 6) is -0.950. The Morgan fingerprint density at radius 1 is 0.968 bits per heavy atom. The van der Waals surface area contributed by atoms with E-state index in [-0.39, 0.29) is 60.9 Å². The Hall–Kier alpha value is -5.16. The SMILES string of the molecule is CCN1c2cc3c(cc2C(C)=CC1(C)C)C(=CC=CC=CC1=[N+](CCCS(=O)(=O)O)c2ccc(S(=O)(=O)O)cc2C1(C)CCCC(=O)ON1C(=O)CCC1=O)C=C(C(C)(C)C)O3. The van der Waals surface area contributed by atoms with E-state index in [1.165, 1.54) is 23.8 Å². The van der Waals surface area contributed by atoms with Crippen molar-refractivity contribution in [2.45, 2.75) is 110 Å². The Labute approximate surface area is 364 Å². The molecule has 0 aromatic heterocycles. The maximum absolute atomic E-state index is 12.8. The second kappa shape index (κ2) is 17.2. The number of hydrogen-bond acceptors (Lipinski definition) is 10. The number of hydrogen-bond donors (Lipinski definition) is 2. The van der Waals surface area contributed by atoms with Crippen molar-refractivity contribution >= 4 is 66.3 Å². The molecule has 4 aliphatic heterocycles. The van der Waals surface area contributed by atoms with Gasteiger partial charge >= 0.3 is 5.97 Å². The first-order chi connectivity index (χ1) is 28.8. The number of amides is 2. The molecule has 0 aliphatic carbocycles. The lowest BCUT2D eigenvalue weighted by Gasteiger charge is -2.43. The molecule has 0 saturated carbocycles. The highest BCUT2D eigenvalue weighted by Gasteiger charge is 2.48. The van der Waals surface area contributed by atoms with E-state index in [2.05, 4.69) is 77.7 Å². The van der Waals surface area contributed by atoms with Gasteiger partial charge in [-0.3, -0.25) is 18.7 Å². The van der Waals surface area contributed by atoms with Crippen molar-refractivity contribution in [1.82, 2.24) is 5.06 Å². The number of benzene rings is 2. The van der Waals surface area contributed by atoms with E-state index in [0.717, 1.165) is 40.4 Å². The van der Waals surface area contributed by atoms with Crippen molar-refractivity contribution in [3.05, 3.63) is 95.3 Å². The fraction of sp³-hybridized carbons (Fsp3) is 0.435. The van der Waals surface area contributed by atoms with Crippen molar-refractivity contribution in [2.75, 3.05) is 23.7 Å². The van der Waals surface area contributed by atoms with Crippen molar-refractivity contribution < 1.29 is 54.5 Å². The number of fused-ring (bicyclic) bond motifs is 3. The molecule has 2 N–H and O–H groups in total. The largest absolute Gasteiger partial charge is 0.460 e. The van der Waals surface area contributed by atoms with Gasteiger partial charge in [-0.25, -0.2) is 4.79 Å². The molecule has 2 aromatic carbocycles. The van der Waals surface area contributed by atoms with E-state index in [9.17, 15) is 40.3 Å². The van der Waals surface area contributed by atoms with Gasteiger partial charge in [0, 0.05) is 78.2 Å². The van der Waals surface area contributed by atoms with E-state index < -0.39 is 49.2 Å². The first kappa shape index (κ1) is 46.3. The van der Waals surface area contributed by atoms with Crippen LogP contribution in [0, 0.1) is 5.41 Å². The molecule has 1 unspecified atom stereocenters. The Balaban J connectivity index is 1.37. The van der Waals surface area contributed by atoms with Crippen LogP contribution in [0.5, 0.6) is 5.75 Å². The molecule has 16 heteroatoms. The number of likely N-dealkylation sites (N-methyl/N-ethyl adjacent to an activating group) is 1. The number of anilines is 1. The summed E-state index contributed by atoms with van der Waals surface area (Å²) in [6.07, 6.45) is 13.9. The standard InChI is InChI=1S/C46H55N3O11S2/c1-9-48-37-28-38-34(27-33(37)30(2)29-45(48,6)7)31(25-40(59-38)44(3,4)5)15-11-10-12-16-39-46(8,22-13-17-43(52)60-49-41(50)20-21-42(49)51)35-26-32(62(56,57)58)18-19-36(35)47(39)23-14-24-61(53,54)55/h10-12,15-16,18-19,25-29H,9,13-14,17,20-24H2,1-8H3,(H-,53,54,55,56,57,58)/p+1. The molecule has 0 radical (unpaired) electrons. The van der Waals surface area contributed by atoms with Gasteiger partial charge in [0.25, 0.3) is 32.1 Å². The highest BCUT2D eigenvalue weighted by molar-refractivity contribution is 7.86. The molecule has 1 fully saturated rings. The van der Waals surface area contributed by atoms with Gasteiger partial charge < -0.3 is 14.5 Å². The van der Waals surface area contributed by atoms with Crippen LogP contribution in [0.3, 0.4) is 0 Å². The third-order valence-electron chi connectivity index (χ3n) is 11.8. The number of carbonyl (C=O) groups excluding carboxylic acids is 3. The number of carbonyl (C=O) groups is 3. The molecular weight excluding hydrogens is 835 g/mol. The number of allylic oxidation sites excluding steroid dienone is 9. The highest BCUT2D eigenvalue weighted by atomic mass is 32.2. The van der Waals surface area contributed by atoms with E-state index in [0.29, 0.717) is 22.0 Å². The van der Waals surface area contributed by atoms with Crippen molar-refractivity contribution in [3.8, 4) is 5.75 Å². The summed E-state index contributed by atoms with van der Waals surface area (Å²) in [6.45, 7) is 17.8. The highest BCUT2D eigenvalue weighted by Crippen LogP contribution is 2.48. The average Bonchev–Trinajstić information content (AvgIpc) is 3.59. The molecular formula is C46H56N3O11S2+. The molecule has 4 heterocycles. The third kappa shape index (κ3) is 9.73. The Morgan fingerprint density at radius 2 is 1.66 bits per heavy atom. The topological polar surface area (TPSA) is 188 Å². The van der Waals surface area contributed by atoms with Crippen molar-refractivity contribution in [3.63, 3.8) is 0 Å². The fourth-order valence-electron chi connectivity index (χ4n) is 8.73. The first-order valence-electron chi connectivity index (χ1n) is 20.7. The van der Waals surface area contributed by atoms with Gasteiger partial charge in [0.15, 0.2) is 5.71 Å². The maximum atomic E-state index is 12.8. The van der Waals surface area contributed by atoms with Gasteiger partial charge in [-0.2, -0.15) is 21.4 Å². The second-order valence-corrected chi connectivity index (χ2v) is 20.9. The zero-order chi connectivity index (χ0) is 45.6. The maximum Gasteiger partial charge on any atom is 0.333 e. The predicted molar refractivity (Wildman–Crippen MR) is 237 cm³/mol. The molecule has 62 heavy (non-hydrogen) atoms. The summed E-state index contributed by atoms with van der Waals surface area (Å²) in [7, 11) is -8.93. The zero-order valence-corrected chi connectivity index (χ0v) is 38.2. The minimum atomic E-state index is -4.63. The minimum absolute atomic E-state index is 0.0215. The van der Waals surface area contributed by atoms with Gasteiger partial charge in [0.1, 0.15) is 18.1 Å². The Morgan fingerprint density at radius 3 is 2.29 bits per heavy atom. The van der Waals surface area contributed by atoms with E-state index >= 15 is 0 Å². The predicted octanol–water partition coefficient (Wildman–Crippen LogP) is 7.89. The lowest BCUT2D eigenvalue weighted by Crippen LogP contribution is -2.45. The summed E-state index contributed by atoms with van der Waals surface area (Å²) >= 11 is 0. The smallest absolute Gasteiger partial charge is 0.333 e. The summed E-state index contributed by atoms with van der Waals surface area (Å²) in [5.41, 5.74) is 5.52. The van der Waals surface area contributed by atoms with Gasteiger partial charge in [0.2, 0.25) is 5.69 Å². The lowest BCUT2D eigenvalue weighted by atomic mass is 9.75. The summed E-state index contributed by atoms with van der Waals surface area (Å²) in [5, 5.41) is 0.483. The Kier molecular flexibility index (Phi) is 12.8. The van der Waals surface area contributed by atoms with Crippen LogP contribution in [-0.4, -0.2) is 83.5 Å². The van der Waals surface area contributed by atoms with Gasteiger partial charge in [0.05, 0.1) is 21.6 Å². The molecule has 2 aromatic rings. The summed E-state index contributed by atoms with van der Waals surface area (Å²) in [6, 6.07) is 8.46. The van der Waals surface area contributed by atoms with Crippen LogP contribution in [0.2, 0.25) is 0 Å². The minimum Gasteiger partial charge on any atom is -0.460 e. The average molecular weight is 891 g/mol. The molecule has 0 bridgehead atoms. The zero-order valence-electron chi connectivity index (χ0n) is 36.5. The molecule has 4 aliphatic rings. The molecule has 1 saturated heterocycles. The quantitative estimate of drug-likeness (QED) is 0.0810. The van der Waals surface area contributed by atoms with E-state index in [4.69, 9.17) is 9.57 Å². The normalized spacial score (nSPS) is 20.8. The molecule has 0 spiro atoms. The summed E-state index contributed by atoms with van der Waals surface area (Å²) < 4.78 is 76.2. The number of nitrogens with zero attached hydrogens (tertiary/aromatic N) is 3. The molecule has 1 atom stereocenters. The number of hydroxylamine groups is 2. The second-order valence-electron chi connectivity index (χ2n) is 17.9. The van der Waals surface area contributed by atoms with E-state index in [1.54, 1.807) is 0 Å². The summed E-state index contributed by atoms with van der Waals surface area (Å²) in [4.78, 5) is 44.0. The molecule has 2 amide bonds. The Bertz CT molecular complexity index is 2610. The van der Waals surface area contributed by atoms with Crippen LogP contribution < -0.4 is 9.64 Å². The number of ether oxygens (including phenoxy) is 1. The first-order valence-corrected chi connectivity index (χ1v) is 23.8. The number of rotatable bonds is 14. The third-order valence-corrected chi connectivity index (χ3v) is 13.4. The van der Waals surface area contributed by atoms with Crippen LogP contribution >= 0.6 is 0 Å². The van der Waals surface area contributed by atoms with E-state index in [1.807, 2.05) is 41.9 Å². The van der Waals surface area contributed by atoms with Gasteiger partial charge in [-0.1, -0.05) is 51.2 Å². The van der Waals surface area contributed by atoms with Crippen molar-refractivity contribution in [2.24, 2.45) is 5.41 Å². The van der Waals surface area contributed by atoms with Gasteiger partial charge in [-0.15, -0.1) is 5.06 Å². The van der Waals surface area contributed by atoms with Crippen LogP contribution in [0.25, 0.3) is 11.1 Å². The molecule has 332 valence electrons. The molecule has 14 nitrogen and oxygen atoms in total. The van der Waals surface area contributed by atoms with Crippen LogP contribution in [-0.2, 0) is 44.9 Å². The van der Waals surface area contributed by atoms with Crippen LogP contribution in [0.1, 0.15) is 111 Å². The van der Waals surface area contributed by atoms with Crippen LogP contribution in [0.4, 0.5) is 11.4 Å². The molecule has 6 rings (SSSR count). The lowest BCUT2D eigenvalue weighted by molar-refractivity contribution is -0.437. The fourth-order valence-corrected chi connectivity index (χ4v) is 9.73.